The Hall–Kier alpha value is -0.660. The van der Waals surface area contributed by atoms with Gasteiger partial charge in [-0.05, 0) is 18.8 Å². The van der Waals surface area contributed by atoms with Gasteiger partial charge in [-0.2, -0.15) is 0 Å². The van der Waals surface area contributed by atoms with E-state index in [0.29, 0.717) is 5.92 Å². The quantitative estimate of drug-likeness (QED) is 0.520. The second kappa shape index (κ2) is 2.07. The number of rotatable bonds is 1. The third-order valence-electron chi connectivity index (χ3n) is 1.77. The maximum atomic E-state index is 5.51. The van der Waals surface area contributed by atoms with Gasteiger partial charge in [0.1, 0.15) is 0 Å². The predicted octanol–water partition coefficient (Wildman–Crippen LogP) is 0.545. The predicted molar refractivity (Wildman–Crippen MR) is 33.8 cm³/mol. The van der Waals surface area contributed by atoms with Crippen LogP contribution in [0.15, 0.2) is 11.9 Å². The van der Waals surface area contributed by atoms with Gasteiger partial charge in [0.25, 0.3) is 0 Å². The third-order valence-corrected chi connectivity index (χ3v) is 1.77. The molecule has 0 unspecified atom stereocenters. The van der Waals surface area contributed by atoms with E-state index >= 15 is 0 Å². The van der Waals surface area contributed by atoms with Crippen LogP contribution in [0.4, 0.5) is 0 Å². The summed E-state index contributed by atoms with van der Waals surface area (Å²) in [6.45, 7) is 0. The van der Waals surface area contributed by atoms with Crippen LogP contribution >= 0.6 is 0 Å². The molecule has 2 nitrogen and oxygen atoms in total. The van der Waals surface area contributed by atoms with Crippen LogP contribution in [-0.4, -0.2) is 0 Å². The molecule has 0 atom stereocenters. The highest BCUT2D eigenvalue weighted by molar-refractivity contribution is 5.02. The SMILES string of the molecule is N/C=C(\N)C1CCC1. The van der Waals surface area contributed by atoms with Gasteiger partial charge in [0, 0.05) is 11.9 Å². The molecule has 1 rings (SSSR count). The van der Waals surface area contributed by atoms with E-state index in [4.69, 9.17) is 11.5 Å². The minimum Gasteiger partial charge on any atom is -0.403 e. The average molecular weight is 112 g/mol. The van der Waals surface area contributed by atoms with Crippen molar-refractivity contribution in [3.8, 4) is 0 Å². The lowest BCUT2D eigenvalue weighted by Crippen LogP contribution is -2.20. The zero-order valence-electron chi connectivity index (χ0n) is 4.93. The summed E-state index contributed by atoms with van der Waals surface area (Å²) in [5.41, 5.74) is 11.6. The molecule has 0 radical (unpaired) electrons. The van der Waals surface area contributed by atoms with Gasteiger partial charge in [-0.3, -0.25) is 0 Å². The van der Waals surface area contributed by atoms with Crippen LogP contribution in [0.3, 0.4) is 0 Å². The lowest BCUT2D eigenvalue weighted by atomic mass is 9.83. The summed E-state index contributed by atoms with van der Waals surface area (Å²) < 4.78 is 0. The summed E-state index contributed by atoms with van der Waals surface area (Å²) in [6.07, 6.45) is 5.31. The molecule has 0 heterocycles. The van der Waals surface area contributed by atoms with Crippen LogP contribution in [0.5, 0.6) is 0 Å². The van der Waals surface area contributed by atoms with Crippen molar-refractivity contribution < 1.29 is 0 Å². The van der Waals surface area contributed by atoms with E-state index in [2.05, 4.69) is 0 Å². The molecular formula is C6H12N2. The Kier molecular flexibility index (Phi) is 1.42. The Labute approximate surface area is 49.5 Å². The van der Waals surface area contributed by atoms with Gasteiger partial charge in [-0.15, -0.1) is 0 Å². The zero-order valence-corrected chi connectivity index (χ0v) is 4.93. The van der Waals surface area contributed by atoms with Crippen LogP contribution in [0.1, 0.15) is 19.3 Å². The van der Waals surface area contributed by atoms with Gasteiger partial charge in [-0.1, -0.05) is 6.42 Å². The van der Waals surface area contributed by atoms with Crippen molar-refractivity contribution in [3.63, 3.8) is 0 Å². The second-order valence-electron chi connectivity index (χ2n) is 2.29. The summed E-state index contributed by atoms with van der Waals surface area (Å²) in [7, 11) is 0. The molecule has 0 amide bonds. The molecule has 0 aromatic heterocycles. The van der Waals surface area contributed by atoms with Crippen LogP contribution in [0.2, 0.25) is 0 Å². The normalized spacial score (nSPS) is 22.8. The first-order valence-electron chi connectivity index (χ1n) is 3.02. The van der Waals surface area contributed by atoms with Crippen LogP contribution < -0.4 is 11.5 Å². The first-order valence-corrected chi connectivity index (χ1v) is 3.02. The van der Waals surface area contributed by atoms with Gasteiger partial charge in [0.2, 0.25) is 0 Å². The van der Waals surface area contributed by atoms with Gasteiger partial charge in [0.15, 0.2) is 0 Å². The van der Waals surface area contributed by atoms with Crippen molar-refractivity contribution in [2.24, 2.45) is 17.4 Å². The molecule has 1 aliphatic carbocycles. The summed E-state index contributed by atoms with van der Waals surface area (Å²) >= 11 is 0. The van der Waals surface area contributed by atoms with Crippen LogP contribution in [0, 0.1) is 5.92 Å². The molecule has 0 spiro atoms. The van der Waals surface area contributed by atoms with Crippen LogP contribution in [0.25, 0.3) is 0 Å². The number of nitrogens with two attached hydrogens (primary N) is 2. The highest BCUT2D eigenvalue weighted by atomic mass is 14.7. The Morgan fingerprint density at radius 3 is 2.25 bits per heavy atom. The summed E-state index contributed by atoms with van der Waals surface area (Å²) in [6, 6.07) is 0. The molecule has 4 N–H and O–H groups in total. The minimum absolute atomic E-state index is 0.611. The Morgan fingerprint density at radius 2 is 2.12 bits per heavy atom. The van der Waals surface area contributed by atoms with Crippen molar-refractivity contribution in [3.05, 3.63) is 11.9 Å². The van der Waals surface area contributed by atoms with E-state index in [1.54, 1.807) is 0 Å². The van der Waals surface area contributed by atoms with Crippen molar-refractivity contribution in [1.82, 2.24) is 0 Å². The molecule has 0 bridgehead atoms. The smallest absolute Gasteiger partial charge is 0.0269 e. The summed E-state index contributed by atoms with van der Waals surface area (Å²) in [4.78, 5) is 0. The van der Waals surface area contributed by atoms with E-state index < -0.39 is 0 Å². The molecule has 8 heavy (non-hydrogen) atoms. The molecule has 46 valence electrons. The fourth-order valence-electron chi connectivity index (χ4n) is 0.878. The molecular weight excluding hydrogens is 100 g/mol. The molecule has 1 saturated carbocycles. The number of hydrogen-bond donors (Lipinski definition) is 2. The maximum Gasteiger partial charge on any atom is 0.0269 e. The highest BCUT2D eigenvalue weighted by Crippen LogP contribution is 2.29. The van der Waals surface area contributed by atoms with Gasteiger partial charge >= 0.3 is 0 Å². The zero-order chi connectivity index (χ0) is 5.98. The summed E-state index contributed by atoms with van der Waals surface area (Å²) in [5, 5.41) is 0. The van der Waals surface area contributed by atoms with Gasteiger partial charge < -0.3 is 11.5 Å². The molecule has 0 aliphatic heterocycles. The fraction of sp³-hybridized carbons (Fsp3) is 0.667. The van der Waals surface area contributed by atoms with Crippen molar-refractivity contribution in [1.29, 1.82) is 0 Å². The first kappa shape index (κ1) is 5.48. The topological polar surface area (TPSA) is 52.0 Å². The lowest BCUT2D eigenvalue weighted by molar-refractivity contribution is 0.364. The van der Waals surface area contributed by atoms with E-state index in [1.165, 1.54) is 25.5 Å². The Bertz CT molecular complexity index is 103. The minimum atomic E-state index is 0.611. The van der Waals surface area contributed by atoms with E-state index in [1.807, 2.05) is 0 Å². The van der Waals surface area contributed by atoms with Gasteiger partial charge in [-0.25, -0.2) is 0 Å². The van der Waals surface area contributed by atoms with Crippen molar-refractivity contribution in [2.45, 2.75) is 19.3 Å². The van der Waals surface area contributed by atoms with E-state index in [-0.39, 0.29) is 0 Å². The standard InChI is InChI=1S/C6H12N2/c7-4-6(8)5-2-1-3-5/h4-5H,1-3,7-8H2/b6-4-. The lowest BCUT2D eigenvalue weighted by Gasteiger charge is -2.24. The second-order valence-corrected chi connectivity index (χ2v) is 2.29. The number of allylic oxidation sites excluding steroid dienone is 1. The maximum absolute atomic E-state index is 5.51. The van der Waals surface area contributed by atoms with Crippen molar-refractivity contribution in [2.75, 3.05) is 0 Å². The molecule has 2 heteroatoms. The largest absolute Gasteiger partial charge is 0.403 e. The fourth-order valence-corrected chi connectivity index (χ4v) is 0.878. The summed E-state index contributed by atoms with van der Waals surface area (Å²) in [5.74, 6) is 0.611. The van der Waals surface area contributed by atoms with Crippen LogP contribution in [-0.2, 0) is 0 Å². The number of hydrogen-bond acceptors (Lipinski definition) is 2. The molecule has 1 fully saturated rings. The van der Waals surface area contributed by atoms with Gasteiger partial charge in [0.05, 0.1) is 0 Å². The monoisotopic (exact) mass is 112 g/mol. The van der Waals surface area contributed by atoms with Crippen molar-refractivity contribution >= 4 is 0 Å². The Morgan fingerprint density at radius 1 is 1.50 bits per heavy atom. The molecule has 0 aromatic carbocycles. The third kappa shape index (κ3) is 0.782. The molecule has 1 aliphatic rings. The van der Waals surface area contributed by atoms with E-state index in [9.17, 15) is 0 Å². The Balaban J connectivity index is 2.34. The highest BCUT2D eigenvalue weighted by Gasteiger charge is 2.18. The first-order chi connectivity index (χ1) is 3.84. The molecule has 0 saturated heterocycles. The average Bonchev–Trinajstić information content (AvgIpc) is 1.62. The van der Waals surface area contributed by atoms with E-state index in [0.717, 1.165) is 5.70 Å². The molecule has 0 aromatic rings.